The number of non-ortho nitro benzene ring substituents is 1. The maximum Gasteiger partial charge on any atom is 0.269 e. The predicted octanol–water partition coefficient (Wildman–Crippen LogP) is 2.33. The van der Waals surface area contributed by atoms with E-state index in [0.717, 1.165) is 0 Å². The highest BCUT2D eigenvalue weighted by Gasteiger charge is 2.26. The average molecular weight is 413 g/mol. The molecule has 1 aliphatic heterocycles. The van der Waals surface area contributed by atoms with Gasteiger partial charge in [-0.25, -0.2) is 13.1 Å². The van der Waals surface area contributed by atoms with Crippen LogP contribution >= 0.6 is 0 Å². The smallest absolute Gasteiger partial charge is 0.269 e. The second kappa shape index (κ2) is 6.92. The molecular weight excluding hydrogens is 398 g/mol. The van der Waals surface area contributed by atoms with Crippen LogP contribution in [-0.2, 0) is 10.0 Å². The molecule has 3 aromatic rings. The first-order valence-corrected chi connectivity index (χ1v) is 10.1. The minimum atomic E-state index is -3.99. The van der Waals surface area contributed by atoms with Gasteiger partial charge in [0.25, 0.3) is 11.6 Å². The molecule has 0 spiro atoms. The molecule has 1 amide bonds. The Bertz CT molecular complexity index is 1250. The number of carbonyl (C=O) groups excluding carboxylic acids is 1. The van der Waals surface area contributed by atoms with Gasteiger partial charge in [-0.2, -0.15) is 0 Å². The second-order valence-electron chi connectivity index (χ2n) is 6.51. The third-order valence-electron chi connectivity index (χ3n) is 4.74. The van der Waals surface area contributed by atoms with E-state index >= 15 is 0 Å². The molecule has 10 heteroatoms. The summed E-state index contributed by atoms with van der Waals surface area (Å²) >= 11 is 0. The molecule has 1 aliphatic rings. The van der Waals surface area contributed by atoms with E-state index in [1.54, 1.807) is 18.2 Å². The highest BCUT2D eigenvalue weighted by atomic mass is 32.2. The van der Waals surface area contributed by atoms with Gasteiger partial charge < -0.3 is 10.4 Å². The zero-order chi connectivity index (χ0) is 20.8. The molecule has 0 saturated carbocycles. The van der Waals surface area contributed by atoms with Crippen molar-refractivity contribution in [3.8, 4) is 0 Å². The lowest BCUT2D eigenvalue weighted by Crippen LogP contribution is -2.28. The largest absolute Gasteiger partial charge is 0.387 e. The SMILES string of the molecule is O=C1Nc2ccc(S(=O)(=O)NCC(O)c3ccc([N+](=O)[O-])cc3)c3cccc1c23. The van der Waals surface area contributed by atoms with E-state index in [1.807, 2.05) is 0 Å². The highest BCUT2D eigenvalue weighted by Crippen LogP contribution is 2.36. The molecule has 148 valence electrons. The van der Waals surface area contributed by atoms with E-state index < -0.39 is 21.1 Å². The summed E-state index contributed by atoms with van der Waals surface area (Å²) in [6.07, 6.45) is -1.19. The van der Waals surface area contributed by atoms with Gasteiger partial charge in [0.1, 0.15) is 0 Å². The Balaban J connectivity index is 1.59. The first kappa shape index (κ1) is 19.0. The first-order chi connectivity index (χ1) is 13.8. The van der Waals surface area contributed by atoms with Crippen LogP contribution in [0.25, 0.3) is 10.8 Å². The molecule has 1 heterocycles. The molecule has 3 N–H and O–H groups in total. The number of hydrogen-bond donors (Lipinski definition) is 3. The standard InChI is InChI=1S/C19H15N3O6S/c23-16(11-4-6-12(7-5-11)22(25)26)10-20-29(27,28)17-9-8-15-18-13(17)2-1-3-14(18)19(24)21-15/h1-9,16,20,23H,10H2,(H,21,24). The Hall–Kier alpha value is -3.34. The van der Waals surface area contributed by atoms with E-state index in [-0.39, 0.29) is 23.0 Å². The lowest BCUT2D eigenvalue weighted by atomic mass is 10.1. The number of sulfonamides is 1. The van der Waals surface area contributed by atoms with Crippen molar-refractivity contribution in [2.45, 2.75) is 11.0 Å². The van der Waals surface area contributed by atoms with E-state index in [9.17, 15) is 28.4 Å². The number of nitrogens with zero attached hydrogens (tertiary/aromatic N) is 1. The van der Waals surface area contributed by atoms with E-state index in [1.165, 1.54) is 36.4 Å². The number of amides is 1. The van der Waals surface area contributed by atoms with Crippen molar-refractivity contribution in [1.29, 1.82) is 0 Å². The molecule has 1 atom stereocenters. The monoisotopic (exact) mass is 413 g/mol. The fourth-order valence-electron chi connectivity index (χ4n) is 3.30. The Morgan fingerprint density at radius 3 is 2.52 bits per heavy atom. The summed E-state index contributed by atoms with van der Waals surface area (Å²) in [5, 5.41) is 24.6. The lowest BCUT2D eigenvalue weighted by molar-refractivity contribution is -0.384. The quantitative estimate of drug-likeness (QED) is 0.419. The van der Waals surface area contributed by atoms with Gasteiger partial charge in [-0.1, -0.05) is 12.1 Å². The molecule has 0 aliphatic carbocycles. The maximum absolute atomic E-state index is 12.8. The van der Waals surface area contributed by atoms with Crippen molar-refractivity contribution in [2.75, 3.05) is 11.9 Å². The Morgan fingerprint density at radius 1 is 1.10 bits per heavy atom. The van der Waals surface area contributed by atoms with Crippen LogP contribution in [0.2, 0.25) is 0 Å². The van der Waals surface area contributed by atoms with Crippen LogP contribution < -0.4 is 10.0 Å². The van der Waals surface area contributed by atoms with Crippen LogP contribution in [0, 0.1) is 10.1 Å². The summed E-state index contributed by atoms with van der Waals surface area (Å²) in [7, 11) is -3.99. The van der Waals surface area contributed by atoms with Crippen molar-refractivity contribution >= 4 is 38.1 Å². The molecule has 0 radical (unpaired) electrons. The summed E-state index contributed by atoms with van der Waals surface area (Å²) < 4.78 is 28.0. The van der Waals surface area contributed by atoms with Crippen LogP contribution in [0.1, 0.15) is 22.0 Å². The molecule has 0 fully saturated rings. The van der Waals surface area contributed by atoms with Crippen molar-refractivity contribution < 1.29 is 23.2 Å². The molecule has 0 aromatic heterocycles. The number of nitro groups is 1. The topological polar surface area (TPSA) is 139 Å². The fourth-order valence-corrected chi connectivity index (χ4v) is 4.54. The number of benzene rings is 3. The minimum Gasteiger partial charge on any atom is -0.387 e. The van der Waals surface area contributed by atoms with E-state index in [2.05, 4.69) is 10.0 Å². The predicted molar refractivity (Wildman–Crippen MR) is 105 cm³/mol. The van der Waals surface area contributed by atoms with Crippen LogP contribution in [-0.4, -0.2) is 30.9 Å². The van der Waals surface area contributed by atoms with Gasteiger partial charge in [-0.3, -0.25) is 14.9 Å². The van der Waals surface area contributed by atoms with Crippen molar-refractivity contribution in [2.24, 2.45) is 0 Å². The number of carbonyl (C=O) groups is 1. The Morgan fingerprint density at radius 2 is 1.83 bits per heavy atom. The minimum absolute atomic E-state index is 0.00880. The zero-order valence-corrected chi connectivity index (χ0v) is 15.6. The highest BCUT2D eigenvalue weighted by molar-refractivity contribution is 7.89. The second-order valence-corrected chi connectivity index (χ2v) is 8.25. The van der Waals surface area contributed by atoms with E-state index in [0.29, 0.717) is 27.6 Å². The van der Waals surface area contributed by atoms with Gasteiger partial charge in [0.15, 0.2) is 0 Å². The number of rotatable bonds is 6. The first-order valence-electron chi connectivity index (χ1n) is 8.57. The normalized spacial score (nSPS) is 14.0. The van der Waals surface area contributed by atoms with Gasteiger partial charge in [-0.15, -0.1) is 0 Å². The van der Waals surface area contributed by atoms with E-state index in [4.69, 9.17) is 0 Å². The van der Waals surface area contributed by atoms with Crippen molar-refractivity contribution in [3.63, 3.8) is 0 Å². The summed E-state index contributed by atoms with van der Waals surface area (Å²) in [6, 6.07) is 13.0. The summed E-state index contributed by atoms with van der Waals surface area (Å²) in [4.78, 5) is 22.1. The van der Waals surface area contributed by atoms with Crippen LogP contribution in [0.5, 0.6) is 0 Å². The number of hydrogen-bond acceptors (Lipinski definition) is 6. The van der Waals surface area contributed by atoms with Crippen molar-refractivity contribution in [3.05, 3.63) is 75.8 Å². The molecule has 9 nitrogen and oxygen atoms in total. The van der Waals surface area contributed by atoms with Crippen LogP contribution in [0.3, 0.4) is 0 Å². The molecule has 3 aromatic carbocycles. The van der Waals surface area contributed by atoms with Gasteiger partial charge in [0, 0.05) is 40.7 Å². The van der Waals surface area contributed by atoms with Gasteiger partial charge >= 0.3 is 0 Å². The molecule has 1 unspecified atom stereocenters. The van der Waals surface area contributed by atoms with Crippen molar-refractivity contribution in [1.82, 2.24) is 4.72 Å². The third kappa shape index (κ3) is 3.33. The van der Waals surface area contributed by atoms with Gasteiger partial charge in [-0.05, 0) is 35.9 Å². The molecule has 0 bridgehead atoms. The summed E-state index contributed by atoms with van der Waals surface area (Å²) in [6.45, 7) is -0.319. The maximum atomic E-state index is 12.8. The molecule has 29 heavy (non-hydrogen) atoms. The Labute approximate surface area is 165 Å². The summed E-state index contributed by atoms with van der Waals surface area (Å²) in [5.74, 6) is -0.290. The molecule has 0 saturated heterocycles. The van der Waals surface area contributed by atoms with Crippen LogP contribution in [0.15, 0.2) is 59.5 Å². The number of nitrogens with one attached hydrogen (secondary N) is 2. The Kier molecular flexibility index (Phi) is 4.53. The number of aliphatic hydroxyl groups excluding tert-OH is 1. The number of aliphatic hydroxyl groups is 1. The zero-order valence-electron chi connectivity index (χ0n) is 14.8. The average Bonchev–Trinajstić information content (AvgIpc) is 3.04. The molecular formula is C19H15N3O6S. The van der Waals surface area contributed by atoms with Gasteiger partial charge in [0.05, 0.1) is 15.9 Å². The molecule has 4 rings (SSSR count). The number of nitro benzene ring substituents is 1. The fraction of sp³-hybridized carbons (Fsp3) is 0.105. The number of anilines is 1. The third-order valence-corrected chi connectivity index (χ3v) is 6.22. The lowest BCUT2D eigenvalue weighted by Gasteiger charge is -2.14. The van der Waals surface area contributed by atoms with Crippen LogP contribution in [0.4, 0.5) is 11.4 Å². The van der Waals surface area contributed by atoms with Gasteiger partial charge in [0.2, 0.25) is 10.0 Å². The summed E-state index contributed by atoms with van der Waals surface area (Å²) in [5.41, 5.74) is 1.16.